The first-order valence-electron chi connectivity index (χ1n) is 5.08. The van der Waals surface area contributed by atoms with Crippen molar-refractivity contribution in [2.75, 3.05) is 0 Å². The molecule has 2 rings (SSSR count). The molecule has 0 aliphatic heterocycles. The minimum Gasteiger partial charge on any atom is -0.244 e. The number of aromatic nitrogens is 3. The highest BCUT2D eigenvalue weighted by Crippen LogP contribution is 2.31. The lowest BCUT2D eigenvalue weighted by atomic mass is 9.85. The van der Waals surface area contributed by atoms with Crippen molar-refractivity contribution in [2.24, 2.45) is 5.92 Å². The van der Waals surface area contributed by atoms with Crippen LogP contribution in [0.15, 0.2) is 12.4 Å². The quantitative estimate of drug-likeness (QED) is 0.695. The first-order valence-corrected chi connectivity index (χ1v) is 5.08. The lowest BCUT2D eigenvalue weighted by Crippen LogP contribution is -2.20. The molecular formula is C10H16N3. The van der Waals surface area contributed by atoms with E-state index < -0.39 is 0 Å². The van der Waals surface area contributed by atoms with Crippen LogP contribution in [0, 0.1) is 12.0 Å². The maximum Gasteiger partial charge on any atom is 0.0896 e. The molecule has 0 saturated heterocycles. The fraction of sp³-hybridized carbons (Fsp3) is 0.700. The molecule has 0 bridgehead atoms. The lowest BCUT2D eigenvalue weighted by Gasteiger charge is -2.26. The Balaban J connectivity index is 1.99. The molecule has 0 aromatic carbocycles. The van der Waals surface area contributed by atoms with Crippen molar-refractivity contribution in [2.45, 2.75) is 39.0 Å². The maximum absolute atomic E-state index is 4.02. The van der Waals surface area contributed by atoms with Gasteiger partial charge in [-0.3, -0.25) is 0 Å². The predicted molar refractivity (Wildman–Crippen MR) is 50.9 cm³/mol. The summed E-state index contributed by atoms with van der Waals surface area (Å²) in [7, 11) is 0. The monoisotopic (exact) mass is 178 g/mol. The molecule has 0 unspecified atom stereocenters. The summed E-state index contributed by atoms with van der Waals surface area (Å²) in [6.07, 6.45) is 10.5. The van der Waals surface area contributed by atoms with Crippen LogP contribution in [0.4, 0.5) is 0 Å². The fourth-order valence-corrected chi connectivity index (χ4v) is 2.10. The van der Waals surface area contributed by atoms with Gasteiger partial charge in [0, 0.05) is 6.20 Å². The Kier molecular flexibility index (Phi) is 2.62. The van der Waals surface area contributed by atoms with Crippen molar-refractivity contribution >= 4 is 0 Å². The van der Waals surface area contributed by atoms with Gasteiger partial charge in [0.15, 0.2) is 0 Å². The molecule has 1 fully saturated rings. The van der Waals surface area contributed by atoms with Crippen LogP contribution < -0.4 is 0 Å². The van der Waals surface area contributed by atoms with E-state index >= 15 is 0 Å². The number of hydrogen-bond donors (Lipinski definition) is 0. The van der Waals surface area contributed by atoms with Crippen molar-refractivity contribution in [1.29, 1.82) is 0 Å². The summed E-state index contributed by atoms with van der Waals surface area (Å²) in [5, 5.41) is 7.85. The standard InChI is InChI=1S/C10H16N3/c1-9(13-8-7-11-12-13)10-5-3-2-4-6-10/h7-8,10H,2-6H2,1H3. The minimum absolute atomic E-state index is 0.732. The molecule has 1 saturated carbocycles. The van der Waals surface area contributed by atoms with E-state index in [0.29, 0.717) is 0 Å². The largest absolute Gasteiger partial charge is 0.244 e. The Bertz CT molecular complexity index is 237. The van der Waals surface area contributed by atoms with Gasteiger partial charge in [-0.25, -0.2) is 4.68 Å². The zero-order valence-electron chi connectivity index (χ0n) is 8.11. The second-order valence-corrected chi connectivity index (χ2v) is 3.82. The third-order valence-corrected chi connectivity index (χ3v) is 2.98. The maximum atomic E-state index is 4.02. The summed E-state index contributed by atoms with van der Waals surface area (Å²) in [5.41, 5.74) is 0. The Labute approximate surface area is 79.1 Å². The molecule has 0 spiro atoms. The first kappa shape index (κ1) is 8.73. The zero-order chi connectivity index (χ0) is 9.10. The molecule has 3 nitrogen and oxygen atoms in total. The van der Waals surface area contributed by atoms with Crippen LogP contribution in [0.1, 0.15) is 39.0 Å². The van der Waals surface area contributed by atoms with E-state index in [4.69, 9.17) is 0 Å². The van der Waals surface area contributed by atoms with E-state index in [1.54, 1.807) is 6.20 Å². The van der Waals surface area contributed by atoms with E-state index in [-0.39, 0.29) is 0 Å². The van der Waals surface area contributed by atoms with Crippen molar-refractivity contribution in [3.63, 3.8) is 0 Å². The first-order chi connectivity index (χ1) is 6.38. The fourth-order valence-electron chi connectivity index (χ4n) is 2.10. The third-order valence-electron chi connectivity index (χ3n) is 2.98. The average Bonchev–Trinajstić information content (AvgIpc) is 2.71. The molecule has 0 amide bonds. The Morgan fingerprint density at radius 2 is 2.08 bits per heavy atom. The van der Waals surface area contributed by atoms with E-state index in [9.17, 15) is 0 Å². The number of nitrogens with zero attached hydrogens (tertiary/aromatic N) is 3. The van der Waals surface area contributed by atoms with Crippen molar-refractivity contribution in [1.82, 2.24) is 15.0 Å². The molecule has 1 heterocycles. The summed E-state index contributed by atoms with van der Waals surface area (Å²) in [6.45, 7) is 2.17. The zero-order valence-corrected chi connectivity index (χ0v) is 8.11. The SMILES string of the molecule is C[C](C1CCCCC1)n1ccnn1. The van der Waals surface area contributed by atoms with Crippen LogP contribution in [0.5, 0.6) is 0 Å². The molecule has 1 aliphatic carbocycles. The van der Waals surface area contributed by atoms with Crippen molar-refractivity contribution in [3.05, 3.63) is 18.4 Å². The normalized spacial score (nSPS) is 19.5. The summed E-state index contributed by atoms with van der Waals surface area (Å²) in [4.78, 5) is 0. The van der Waals surface area contributed by atoms with E-state index in [2.05, 4.69) is 17.2 Å². The number of rotatable bonds is 2. The van der Waals surface area contributed by atoms with E-state index in [1.807, 2.05) is 10.9 Å². The van der Waals surface area contributed by atoms with Gasteiger partial charge in [-0.1, -0.05) is 24.5 Å². The Hall–Kier alpha value is -0.860. The van der Waals surface area contributed by atoms with Crippen molar-refractivity contribution < 1.29 is 0 Å². The average molecular weight is 178 g/mol. The summed E-state index contributed by atoms with van der Waals surface area (Å²) < 4.78 is 1.91. The second kappa shape index (κ2) is 3.90. The summed E-state index contributed by atoms with van der Waals surface area (Å²) in [6, 6.07) is 1.36. The molecule has 1 aromatic heterocycles. The Morgan fingerprint density at radius 1 is 1.31 bits per heavy atom. The van der Waals surface area contributed by atoms with Crippen LogP contribution in [-0.4, -0.2) is 15.0 Å². The lowest BCUT2D eigenvalue weighted by molar-refractivity contribution is 0.340. The second-order valence-electron chi connectivity index (χ2n) is 3.82. The van der Waals surface area contributed by atoms with Crippen molar-refractivity contribution in [3.8, 4) is 0 Å². The van der Waals surface area contributed by atoms with Crippen LogP contribution in [0.25, 0.3) is 0 Å². The van der Waals surface area contributed by atoms with Crippen LogP contribution >= 0.6 is 0 Å². The molecule has 1 aliphatic rings. The predicted octanol–water partition coefficient (Wildman–Crippen LogP) is 2.26. The molecule has 71 valence electrons. The topological polar surface area (TPSA) is 30.7 Å². The van der Waals surface area contributed by atoms with E-state index in [1.165, 1.54) is 38.1 Å². The highest BCUT2D eigenvalue weighted by Gasteiger charge is 2.22. The highest BCUT2D eigenvalue weighted by molar-refractivity contribution is 4.94. The summed E-state index contributed by atoms with van der Waals surface area (Å²) in [5.74, 6) is 0.732. The van der Waals surface area contributed by atoms with Gasteiger partial charge in [0.25, 0.3) is 0 Å². The van der Waals surface area contributed by atoms with Gasteiger partial charge < -0.3 is 0 Å². The van der Waals surface area contributed by atoms with E-state index in [0.717, 1.165) is 5.92 Å². The molecule has 0 N–H and O–H groups in total. The van der Waals surface area contributed by atoms with Gasteiger partial charge in [0.05, 0.1) is 12.2 Å². The third kappa shape index (κ3) is 1.90. The molecule has 13 heavy (non-hydrogen) atoms. The van der Waals surface area contributed by atoms with Crippen LogP contribution in [0.3, 0.4) is 0 Å². The van der Waals surface area contributed by atoms with Gasteiger partial charge in [-0.15, -0.1) is 5.10 Å². The molecule has 3 heteroatoms. The number of hydrogen-bond acceptors (Lipinski definition) is 2. The smallest absolute Gasteiger partial charge is 0.0896 e. The van der Waals surface area contributed by atoms with Gasteiger partial charge >= 0.3 is 0 Å². The molecule has 0 atom stereocenters. The molecule has 1 aromatic rings. The molecule has 1 radical (unpaired) electrons. The van der Waals surface area contributed by atoms with Gasteiger partial charge in [-0.2, -0.15) is 0 Å². The van der Waals surface area contributed by atoms with Crippen LogP contribution in [-0.2, 0) is 0 Å². The Morgan fingerprint density at radius 3 is 2.69 bits per heavy atom. The summed E-state index contributed by atoms with van der Waals surface area (Å²) >= 11 is 0. The van der Waals surface area contributed by atoms with Gasteiger partial charge in [-0.05, 0) is 25.7 Å². The van der Waals surface area contributed by atoms with Gasteiger partial charge in [0.2, 0.25) is 0 Å². The highest BCUT2D eigenvalue weighted by atomic mass is 15.4. The minimum atomic E-state index is 0.732. The van der Waals surface area contributed by atoms with Gasteiger partial charge in [0.1, 0.15) is 0 Å². The molecular weight excluding hydrogens is 162 g/mol. The van der Waals surface area contributed by atoms with Crippen LogP contribution in [0.2, 0.25) is 0 Å².